The van der Waals surface area contributed by atoms with Crippen molar-refractivity contribution in [2.75, 3.05) is 19.5 Å². The second-order valence-electron chi connectivity index (χ2n) is 9.62. The summed E-state index contributed by atoms with van der Waals surface area (Å²) in [4.78, 5) is 75.9. The van der Waals surface area contributed by atoms with Gasteiger partial charge in [0.25, 0.3) is 11.8 Å². The van der Waals surface area contributed by atoms with E-state index in [1.165, 1.54) is 87.0 Å². The molecule has 0 aliphatic rings. The topological polar surface area (TPSA) is 196 Å². The highest BCUT2D eigenvalue weighted by atomic mass is 16.6. The fraction of sp³-hybridized carbons (Fsp3) is 0.226. The van der Waals surface area contributed by atoms with E-state index in [2.05, 4.69) is 10.7 Å². The molecule has 3 aromatic rings. The van der Waals surface area contributed by atoms with Crippen molar-refractivity contribution in [3.05, 3.63) is 89.5 Å². The third-order valence-electron chi connectivity index (χ3n) is 6.09. The van der Waals surface area contributed by atoms with Crippen LogP contribution in [0.15, 0.2) is 72.8 Å². The highest BCUT2D eigenvalue weighted by molar-refractivity contribution is 5.99. The number of esters is 2. The lowest BCUT2D eigenvalue weighted by atomic mass is 10.1. The number of aliphatic carboxylic acids is 1. The quantitative estimate of drug-likeness (QED) is 0.171. The second-order valence-corrected chi connectivity index (χ2v) is 9.62. The maximum Gasteiger partial charge on any atom is 0.349 e. The van der Waals surface area contributed by atoms with Crippen LogP contribution in [0.3, 0.4) is 0 Å². The van der Waals surface area contributed by atoms with Crippen molar-refractivity contribution in [1.29, 1.82) is 0 Å². The number of carboxylic acids is 1. The number of anilines is 1. The highest BCUT2D eigenvalue weighted by Crippen LogP contribution is 2.19. The third kappa shape index (κ3) is 9.28. The Bertz CT molecular complexity index is 1570. The lowest BCUT2D eigenvalue weighted by Gasteiger charge is -2.23. The summed E-state index contributed by atoms with van der Waals surface area (Å²) in [5.74, 6) is -6.24. The van der Waals surface area contributed by atoms with Crippen LogP contribution in [0.1, 0.15) is 44.9 Å². The van der Waals surface area contributed by atoms with Gasteiger partial charge in [0.2, 0.25) is 18.1 Å². The Kier molecular flexibility index (Phi) is 11.6. The minimum absolute atomic E-state index is 0.0574. The van der Waals surface area contributed by atoms with Crippen LogP contribution in [0.4, 0.5) is 5.69 Å². The highest BCUT2D eigenvalue weighted by Gasteiger charge is 2.41. The Balaban J connectivity index is 1.82. The minimum Gasteiger partial charge on any atom is -0.497 e. The van der Waals surface area contributed by atoms with Crippen molar-refractivity contribution >= 4 is 41.3 Å². The Morgan fingerprint density at radius 3 is 1.62 bits per heavy atom. The molecule has 3 amide bonds. The maximum absolute atomic E-state index is 13.2. The van der Waals surface area contributed by atoms with Crippen molar-refractivity contribution in [3.63, 3.8) is 0 Å². The standard InChI is InChI=1S/C31H31N3O11/c1-17(2)26(35)32-21-13-11-18(12-14-21)27(36)33-34-28(37)24(44-30(40)19-7-5-9-22(15-19)42-3)25(29(38)39)45-31(41)20-8-6-10-23(16-20)43-4/h5-17,24-25H,1-4H3,(H,32,35)(H,33,36)(H,34,37)(H,38,39)/t24-,25-/m0/s1. The van der Waals surface area contributed by atoms with E-state index in [1.807, 2.05) is 5.43 Å². The van der Waals surface area contributed by atoms with Crippen LogP contribution in [0, 0.1) is 5.92 Å². The van der Waals surface area contributed by atoms with Crippen LogP contribution in [-0.4, -0.2) is 67.2 Å². The van der Waals surface area contributed by atoms with E-state index in [4.69, 9.17) is 18.9 Å². The van der Waals surface area contributed by atoms with E-state index in [0.29, 0.717) is 5.69 Å². The summed E-state index contributed by atoms with van der Waals surface area (Å²) in [5, 5.41) is 12.6. The fourth-order valence-corrected chi connectivity index (χ4v) is 3.61. The first-order valence-corrected chi connectivity index (χ1v) is 13.4. The lowest BCUT2D eigenvalue weighted by molar-refractivity contribution is -0.159. The van der Waals surface area contributed by atoms with Crippen molar-refractivity contribution in [3.8, 4) is 11.5 Å². The number of rotatable bonds is 12. The van der Waals surface area contributed by atoms with Crippen LogP contribution in [0.5, 0.6) is 11.5 Å². The molecule has 236 valence electrons. The molecule has 0 aliphatic heterocycles. The molecule has 0 spiro atoms. The molecule has 0 unspecified atom stereocenters. The summed E-state index contributed by atoms with van der Waals surface area (Å²) in [6.07, 6.45) is -4.62. The summed E-state index contributed by atoms with van der Waals surface area (Å²) < 4.78 is 20.5. The largest absolute Gasteiger partial charge is 0.497 e. The Labute approximate surface area is 257 Å². The number of ether oxygens (including phenoxy) is 4. The molecule has 3 rings (SSSR count). The van der Waals surface area contributed by atoms with Gasteiger partial charge in [0.1, 0.15) is 11.5 Å². The molecule has 3 aromatic carbocycles. The minimum atomic E-state index is -2.35. The van der Waals surface area contributed by atoms with Crippen LogP contribution in [0.2, 0.25) is 0 Å². The molecule has 0 aliphatic carbocycles. The van der Waals surface area contributed by atoms with Gasteiger partial charge >= 0.3 is 17.9 Å². The van der Waals surface area contributed by atoms with E-state index < -0.39 is 41.9 Å². The van der Waals surface area contributed by atoms with Gasteiger partial charge in [-0.1, -0.05) is 26.0 Å². The molecule has 14 nitrogen and oxygen atoms in total. The lowest BCUT2D eigenvalue weighted by Crippen LogP contribution is -2.54. The molecule has 4 N–H and O–H groups in total. The molecule has 0 aromatic heterocycles. The van der Waals surface area contributed by atoms with Gasteiger partial charge in [-0.3, -0.25) is 25.2 Å². The van der Waals surface area contributed by atoms with Crippen molar-refractivity contribution in [1.82, 2.24) is 10.9 Å². The number of hydrogen-bond donors (Lipinski definition) is 4. The molecule has 14 heteroatoms. The number of benzene rings is 3. The summed E-state index contributed by atoms with van der Waals surface area (Å²) in [7, 11) is 2.72. The Hall–Kier alpha value is -5.92. The summed E-state index contributed by atoms with van der Waals surface area (Å²) >= 11 is 0. The fourth-order valence-electron chi connectivity index (χ4n) is 3.61. The number of carbonyl (C=O) groups excluding carboxylic acids is 5. The van der Waals surface area contributed by atoms with Gasteiger partial charge in [-0.2, -0.15) is 0 Å². The Morgan fingerprint density at radius 1 is 0.644 bits per heavy atom. The zero-order valence-electron chi connectivity index (χ0n) is 24.7. The molecule has 45 heavy (non-hydrogen) atoms. The van der Waals surface area contributed by atoms with Gasteiger partial charge in [-0.05, 0) is 60.7 Å². The maximum atomic E-state index is 13.2. The van der Waals surface area contributed by atoms with Gasteiger partial charge in [0.05, 0.1) is 25.3 Å². The van der Waals surface area contributed by atoms with Crippen molar-refractivity contribution in [2.45, 2.75) is 26.1 Å². The average molecular weight is 622 g/mol. The van der Waals surface area contributed by atoms with E-state index in [-0.39, 0.29) is 40.0 Å². The zero-order chi connectivity index (χ0) is 33.1. The molecular weight excluding hydrogens is 590 g/mol. The van der Waals surface area contributed by atoms with Crippen LogP contribution in [0.25, 0.3) is 0 Å². The number of carboxylic acid groups (broad SMARTS) is 1. The number of hydrazine groups is 1. The SMILES string of the molecule is COc1cccc(C(=O)O[C@H](C(=O)O)[C@H](OC(=O)c2cccc(OC)c2)C(=O)NNC(=O)c2ccc(NC(=O)C(C)C)cc2)c1. The van der Waals surface area contributed by atoms with Gasteiger partial charge in [-0.15, -0.1) is 0 Å². The molecule has 0 saturated carbocycles. The zero-order valence-corrected chi connectivity index (χ0v) is 24.7. The molecule has 0 bridgehead atoms. The van der Waals surface area contributed by atoms with Gasteiger partial charge in [0.15, 0.2) is 0 Å². The number of amides is 3. The Morgan fingerprint density at radius 2 is 1.16 bits per heavy atom. The molecule has 0 saturated heterocycles. The average Bonchev–Trinajstić information content (AvgIpc) is 3.04. The van der Waals surface area contributed by atoms with Gasteiger partial charge < -0.3 is 29.4 Å². The molecule has 0 radical (unpaired) electrons. The van der Waals surface area contributed by atoms with Gasteiger partial charge in [0, 0.05) is 17.2 Å². The van der Waals surface area contributed by atoms with Crippen molar-refractivity contribution < 1.29 is 52.8 Å². The predicted octanol–water partition coefficient (Wildman–Crippen LogP) is 2.60. The van der Waals surface area contributed by atoms with E-state index in [0.717, 1.165) is 0 Å². The smallest absolute Gasteiger partial charge is 0.349 e. The molecular formula is C31H31N3O11. The van der Waals surface area contributed by atoms with Crippen molar-refractivity contribution in [2.24, 2.45) is 5.92 Å². The summed E-state index contributed by atoms with van der Waals surface area (Å²) in [6, 6.07) is 16.9. The number of methoxy groups -OCH3 is 2. The molecule has 0 fully saturated rings. The third-order valence-corrected chi connectivity index (χ3v) is 6.09. The monoisotopic (exact) mass is 621 g/mol. The van der Waals surface area contributed by atoms with Crippen LogP contribution < -0.4 is 25.6 Å². The summed E-state index contributed by atoms with van der Waals surface area (Å²) in [6.45, 7) is 3.44. The van der Waals surface area contributed by atoms with E-state index in [9.17, 15) is 33.9 Å². The number of carbonyl (C=O) groups is 6. The normalized spacial score (nSPS) is 11.8. The first-order valence-electron chi connectivity index (χ1n) is 13.4. The first-order chi connectivity index (χ1) is 21.4. The molecule has 2 atom stereocenters. The van der Waals surface area contributed by atoms with Gasteiger partial charge in [-0.25, -0.2) is 14.4 Å². The number of nitrogens with one attached hydrogen (secondary N) is 3. The predicted molar refractivity (Wildman–Crippen MR) is 158 cm³/mol. The van der Waals surface area contributed by atoms with Crippen LogP contribution in [-0.2, 0) is 23.9 Å². The number of hydrogen-bond acceptors (Lipinski definition) is 10. The van der Waals surface area contributed by atoms with E-state index >= 15 is 0 Å². The van der Waals surface area contributed by atoms with E-state index in [1.54, 1.807) is 13.8 Å². The second kappa shape index (κ2) is 15.5. The molecule has 0 heterocycles. The summed E-state index contributed by atoms with van der Waals surface area (Å²) in [5.41, 5.74) is 4.37. The first kappa shape index (κ1) is 33.6. The van der Waals surface area contributed by atoms with Crippen LogP contribution >= 0.6 is 0 Å².